The minimum Gasteiger partial charge on any atom is -0.487 e. The van der Waals surface area contributed by atoms with Crippen LogP contribution in [-0.2, 0) is 11.4 Å². The zero-order valence-corrected chi connectivity index (χ0v) is 15.4. The molecule has 3 rings (SSSR count). The Hall–Kier alpha value is -1.82. The standard InChI is InChI=1S/C18H21N3O2.2ClH/c22-18(14-5-4-9-19-12-14)21-15-7-3-8-17(11-15)23-13-16-6-1-2-10-20-16;;/h1-3,6-8,10-11,14,19H,4-5,9,12-13H2,(H,21,22);2*1H. The zero-order chi connectivity index (χ0) is 15.9. The van der Waals surface area contributed by atoms with Crippen molar-refractivity contribution < 1.29 is 9.53 Å². The molecule has 0 bridgehead atoms. The summed E-state index contributed by atoms with van der Waals surface area (Å²) in [5, 5.41) is 6.23. The molecule has 1 aliphatic heterocycles. The van der Waals surface area contributed by atoms with Gasteiger partial charge >= 0.3 is 0 Å². The molecule has 5 nitrogen and oxygen atoms in total. The van der Waals surface area contributed by atoms with Crippen molar-refractivity contribution in [1.82, 2.24) is 10.3 Å². The van der Waals surface area contributed by atoms with Crippen LogP contribution >= 0.6 is 24.8 Å². The van der Waals surface area contributed by atoms with Crippen molar-refractivity contribution in [2.45, 2.75) is 19.4 Å². The fraction of sp³-hybridized carbons (Fsp3) is 0.333. The van der Waals surface area contributed by atoms with Crippen LogP contribution in [-0.4, -0.2) is 24.0 Å². The largest absolute Gasteiger partial charge is 0.487 e. The number of halogens is 2. The molecule has 2 N–H and O–H groups in total. The van der Waals surface area contributed by atoms with Crippen molar-refractivity contribution in [3.63, 3.8) is 0 Å². The molecule has 1 unspecified atom stereocenters. The van der Waals surface area contributed by atoms with Crippen LogP contribution in [0.2, 0.25) is 0 Å². The number of carbonyl (C=O) groups excluding carboxylic acids is 1. The van der Waals surface area contributed by atoms with E-state index < -0.39 is 0 Å². The van der Waals surface area contributed by atoms with Gasteiger partial charge in [-0.3, -0.25) is 9.78 Å². The molecule has 1 aromatic heterocycles. The molecule has 1 amide bonds. The average molecular weight is 384 g/mol. The van der Waals surface area contributed by atoms with E-state index in [-0.39, 0.29) is 36.6 Å². The Kier molecular flexibility index (Phi) is 9.27. The molecule has 1 atom stereocenters. The lowest BCUT2D eigenvalue weighted by Crippen LogP contribution is -2.37. The molecule has 25 heavy (non-hydrogen) atoms. The number of benzene rings is 1. The molecule has 0 saturated carbocycles. The quantitative estimate of drug-likeness (QED) is 0.829. The molecule has 2 aromatic rings. The summed E-state index contributed by atoms with van der Waals surface area (Å²) in [7, 11) is 0. The molecule has 1 saturated heterocycles. The maximum absolute atomic E-state index is 12.3. The summed E-state index contributed by atoms with van der Waals surface area (Å²) in [6.45, 7) is 2.16. The van der Waals surface area contributed by atoms with Crippen molar-refractivity contribution in [3.8, 4) is 5.75 Å². The minimum absolute atomic E-state index is 0. The Morgan fingerprint density at radius 1 is 1.24 bits per heavy atom. The lowest BCUT2D eigenvalue weighted by molar-refractivity contribution is -0.120. The number of nitrogens with one attached hydrogen (secondary N) is 2. The summed E-state index contributed by atoms with van der Waals surface area (Å²) in [6, 6.07) is 13.2. The van der Waals surface area contributed by atoms with Gasteiger partial charge in [-0.2, -0.15) is 0 Å². The number of hydrogen-bond acceptors (Lipinski definition) is 4. The molecule has 0 aliphatic carbocycles. The third-order valence-electron chi connectivity index (χ3n) is 3.88. The van der Waals surface area contributed by atoms with Crippen LogP contribution in [0.25, 0.3) is 0 Å². The van der Waals surface area contributed by atoms with Gasteiger partial charge in [-0.05, 0) is 43.7 Å². The van der Waals surface area contributed by atoms with Gasteiger partial charge in [0.1, 0.15) is 12.4 Å². The maximum atomic E-state index is 12.3. The summed E-state index contributed by atoms with van der Waals surface area (Å²) in [4.78, 5) is 16.5. The fourth-order valence-corrected chi connectivity index (χ4v) is 2.62. The van der Waals surface area contributed by atoms with E-state index in [9.17, 15) is 4.79 Å². The molecule has 1 fully saturated rings. The first-order valence-corrected chi connectivity index (χ1v) is 7.95. The van der Waals surface area contributed by atoms with Crippen LogP contribution in [0.1, 0.15) is 18.5 Å². The van der Waals surface area contributed by atoms with Crippen LogP contribution in [0.4, 0.5) is 5.69 Å². The lowest BCUT2D eigenvalue weighted by atomic mass is 9.99. The van der Waals surface area contributed by atoms with Crippen LogP contribution < -0.4 is 15.4 Å². The van der Waals surface area contributed by atoms with Gasteiger partial charge in [0, 0.05) is 24.5 Å². The Bertz CT molecular complexity index is 650. The first kappa shape index (κ1) is 21.2. The molecule has 0 radical (unpaired) electrons. The number of hydrogen-bond donors (Lipinski definition) is 2. The zero-order valence-electron chi connectivity index (χ0n) is 13.8. The van der Waals surface area contributed by atoms with Gasteiger partial charge in [-0.15, -0.1) is 24.8 Å². The van der Waals surface area contributed by atoms with E-state index in [4.69, 9.17) is 4.74 Å². The topological polar surface area (TPSA) is 63.2 Å². The summed E-state index contributed by atoms with van der Waals surface area (Å²) >= 11 is 0. The third-order valence-corrected chi connectivity index (χ3v) is 3.88. The first-order valence-electron chi connectivity index (χ1n) is 7.95. The molecule has 136 valence electrons. The second kappa shape index (κ2) is 10.9. The molecular formula is C18H23Cl2N3O2. The summed E-state index contributed by atoms with van der Waals surface area (Å²) in [6.07, 6.45) is 3.73. The molecule has 1 aromatic carbocycles. The number of ether oxygens (including phenoxy) is 1. The number of pyridine rings is 1. The smallest absolute Gasteiger partial charge is 0.228 e. The van der Waals surface area contributed by atoms with Gasteiger partial charge in [0.15, 0.2) is 0 Å². The predicted octanol–water partition coefficient (Wildman–Crippen LogP) is 3.44. The van der Waals surface area contributed by atoms with Crippen molar-refractivity contribution in [2.75, 3.05) is 18.4 Å². The van der Waals surface area contributed by atoms with Crippen LogP contribution in [0, 0.1) is 5.92 Å². The predicted molar refractivity (Wildman–Crippen MR) is 104 cm³/mol. The van der Waals surface area contributed by atoms with Gasteiger partial charge in [0.25, 0.3) is 0 Å². The van der Waals surface area contributed by atoms with Gasteiger partial charge in [-0.25, -0.2) is 0 Å². The Balaban J connectivity index is 0.00000156. The summed E-state index contributed by atoms with van der Waals surface area (Å²) < 4.78 is 5.73. The van der Waals surface area contributed by atoms with Crippen LogP contribution in [0.3, 0.4) is 0 Å². The summed E-state index contributed by atoms with van der Waals surface area (Å²) in [5.41, 5.74) is 1.63. The Morgan fingerprint density at radius 2 is 2.12 bits per heavy atom. The van der Waals surface area contributed by atoms with E-state index in [1.807, 2.05) is 42.5 Å². The second-order valence-electron chi connectivity index (χ2n) is 5.67. The van der Waals surface area contributed by atoms with Gasteiger partial charge in [0.2, 0.25) is 5.91 Å². The number of rotatable bonds is 5. The highest BCUT2D eigenvalue weighted by Crippen LogP contribution is 2.20. The lowest BCUT2D eigenvalue weighted by Gasteiger charge is -2.22. The van der Waals surface area contributed by atoms with E-state index in [0.29, 0.717) is 6.61 Å². The third kappa shape index (κ3) is 6.53. The van der Waals surface area contributed by atoms with Crippen LogP contribution in [0.15, 0.2) is 48.7 Å². The number of amides is 1. The van der Waals surface area contributed by atoms with Gasteiger partial charge in [-0.1, -0.05) is 12.1 Å². The van der Waals surface area contributed by atoms with Gasteiger partial charge in [0.05, 0.1) is 11.6 Å². The number of anilines is 1. The Labute approximate surface area is 160 Å². The first-order chi connectivity index (χ1) is 11.3. The van der Waals surface area contributed by atoms with Crippen LogP contribution in [0.5, 0.6) is 5.75 Å². The highest BCUT2D eigenvalue weighted by Gasteiger charge is 2.20. The minimum atomic E-state index is 0. The molecular weight excluding hydrogens is 361 g/mol. The summed E-state index contributed by atoms with van der Waals surface area (Å²) in [5.74, 6) is 0.830. The SMILES string of the molecule is Cl.Cl.O=C(Nc1cccc(OCc2ccccn2)c1)C1CCCNC1. The van der Waals surface area contributed by atoms with Crippen molar-refractivity contribution in [2.24, 2.45) is 5.92 Å². The van der Waals surface area contributed by atoms with E-state index in [2.05, 4.69) is 15.6 Å². The number of piperidine rings is 1. The van der Waals surface area contributed by atoms with Crippen molar-refractivity contribution in [3.05, 3.63) is 54.4 Å². The number of carbonyl (C=O) groups is 1. The average Bonchev–Trinajstić information content (AvgIpc) is 2.62. The maximum Gasteiger partial charge on any atom is 0.228 e. The van der Waals surface area contributed by atoms with E-state index in [1.165, 1.54) is 0 Å². The number of aromatic nitrogens is 1. The number of nitrogens with zero attached hydrogens (tertiary/aromatic N) is 1. The highest BCUT2D eigenvalue weighted by atomic mass is 35.5. The van der Waals surface area contributed by atoms with E-state index >= 15 is 0 Å². The van der Waals surface area contributed by atoms with Gasteiger partial charge < -0.3 is 15.4 Å². The van der Waals surface area contributed by atoms with E-state index in [0.717, 1.165) is 43.1 Å². The normalized spacial score (nSPS) is 16.1. The Morgan fingerprint density at radius 3 is 2.84 bits per heavy atom. The monoisotopic (exact) mass is 383 g/mol. The highest BCUT2D eigenvalue weighted by molar-refractivity contribution is 5.92. The molecule has 0 spiro atoms. The van der Waals surface area contributed by atoms with E-state index in [1.54, 1.807) is 6.20 Å². The second-order valence-corrected chi connectivity index (χ2v) is 5.67. The molecule has 2 heterocycles. The van der Waals surface area contributed by atoms with Crippen molar-refractivity contribution in [1.29, 1.82) is 0 Å². The molecule has 7 heteroatoms. The molecule has 1 aliphatic rings. The van der Waals surface area contributed by atoms with Crippen molar-refractivity contribution >= 4 is 36.4 Å². The fourth-order valence-electron chi connectivity index (χ4n) is 2.62.